The van der Waals surface area contributed by atoms with Gasteiger partial charge in [0, 0.05) is 5.69 Å². The molecule has 1 amide bonds. The highest BCUT2D eigenvalue weighted by Gasteiger charge is 2.13. The summed E-state index contributed by atoms with van der Waals surface area (Å²) >= 11 is 0. The second-order valence-corrected chi connectivity index (χ2v) is 7.29. The fraction of sp³-hybridized carbons (Fsp3) is 0.235. The SMILES string of the molecule is CC(C)COc1ccccc1C(=O)Nc1ccc(S(N)(=O)=O)cc1. The van der Waals surface area contributed by atoms with Crippen molar-refractivity contribution in [3.8, 4) is 5.75 Å². The van der Waals surface area contributed by atoms with Crippen LogP contribution in [0, 0.1) is 5.92 Å². The zero-order chi connectivity index (χ0) is 17.7. The third kappa shape index (κ3) is 4.81. The molecule has 0 radical (unpaired) electrons. The van der Waals surface area contributed by atoms with E-state index in [1.54, 1.807) is 24.3 Å². The summed E-state index contributed by atoms with van der Waals surface area (Å²) < 4.78 is 28.1. The van der Waals surface area contributed by atoms with Crippen molar-refractivity contribution in [2.45, 2.75) is 18.7 Å². The molecule has 2 aromatic rings. The normalized spacial score (nSPS) is 11.3. The Morgan fingerprint density at radius 2 is 1.75 bits per heavy atom. The van der Waals surface area contributed by atoms with E-state index in [4.69, 9.17) is 9.88 Å². The van der Waals surface area contributed by atoms with Gasteiger partial charge in [-0.1, -0.05) is 26.0 Å². The average Bonchev–Trinajstić information content (AvgIpc) is 2.52. The number of nitrogens with one attached hydrogen (secondary N) is 1. The Balaban J connectivity index is 2.15. The van der Waals surface area contributed by atoms with Crippen LogP contribution in [0.15, 0.2) is 53.4 Å². The van der Waals surface area contributed by atoms with Crippen LogP contribution in [-0.2, 0) is 10.0 Å². The monoisotopic (exact) mass is 348 g/mol. The summed E-state index contributed by atoms with van der Waals surface area (Å²) in [4.78, 5) is 12.4. The molecule has 0 spiro atoms. The molecule has 0 fully saturated rings. The molecule has 0 saturated carbocycles. The van der Waals surface area contributed by atoms with Gasteiger partial charge >= 0.3 is 0 Å². The van der Waals surface area contributed by atoms with Gasteiger partial charge in [0.25, 0.3) is 5.91 Å². The molecular formula is C17H20N2O4S. The lowest BCUT2D eigenvalue weighted by molar-refractivity contribution is 0.102. The zero-order valence-electron chi connectivity index (χ0n) is 13.5. The van der Waals surface area contributed by atoms with Crippen molar-refractivity contribution >= 4 is 21.6 Å². The lowest BCUT2D eigenvalue weighted by Gasteiger charge is -2.13. The number of rotatable bonds is 6. The van der Waals surface area contributed by atoms with Crippen molar-refractivity contribution in [2.24, 2.45) is 11.1 Å². The molecule has 0 heterocycles. The van der Waals surface area contributed by atoms with Crippen molar-refractivity contribution in [1.29, 1.82) is 0 Å². The average molecular weight is 348 g/mol. The molecular weight excluding hydrogens is 328 g/mol. The van der Waals surface area contributed by atoms with E-state index in [1.165, 1.54) is 24.3 Å². The van der Waals surface area contributed by atoms with Crippen molar-refractivity contribution in [2.75, 3.05) is 11.9 Å². The lowest BCUT2D eigenvalue weighted by Crippen LogP contribution is -2.15. The van der Waals surface area contributed by atoms with Crippen LogP contribution in [0.1, 0.15) is 24.2 Å². The van der Waals surface area contributed by atoms with Crippen LogP contribution in [0.3, 0.4) is 0 Å². The minimum absolute atomic E-state index is 0.0128. The first-order valence-corrected chi connectivity index (χ1v) is 8.98. The summed E-state index contributed by atoms with van der Waals surface area (Å²) in [6.45, 7) is 4.55. The molecule has 0 aliphatic heterocycles. The molecule has 0 unspecified atom stereocenters. The van der Waals surface area contributed by atoms with Crippen LogP contribution in [0.4, 0.5) is 5.69 Å². The Labute approximate surface area is 141 Å². The van der Waals surface area contributed by atoms with Gasteiger partial charge in [0.15, 0.2) is 0 Å². The number of anilines is 1. The first-order valence-electron chi connectivity index (χ1n) is 7.43. The first kappa shape index (κ1) is 18.0. The molecule has 2 aromatic carbocycles. The largest absolute Gasteiger partial charge is 0.492 e. The lowest BCUT2D eigenvalue weighted by atomic mass is 10.1. The number of hydrogen-bond donors (Lipinski definition) is 2. The summed E-state index contributed by atoms with van der Waals surface area (Å²) in [5.41, 5.74) is 0.875. The smallest absolute Gasteiger partial charge is 0.259 e. The van der Waals surface area contributed by atoms with Crippen LogP contribution in [0.2, 0.25) is 0 Å². The minimum atomic E-state index is -3.76. The van der Waals surface area contributed by atoms with Crippen LogP contribution >= 0.6 is 0 Å². The number of sulfonamides is 1. The van der Waals surface area contributed by atoms with Crippen molar-refractivity contribution in [3.63, 3.8) is 0 Å². The number of hydrogen-bond acceptors (Lipinski definition) is 4. The van der Waals surface area contributed by atoms with Gasteiger partial charge in [-0.15, -0.1) is 0 Å². The van der Waals surface area contributed by atoms with Gasteiger partial charge in [0.2, 0.25) is 10.0 Å². The van der Waals surface area contributed by atoms with Crippen molar-refractivity contribution in [1.82, 2.24) is 0 Å². The number of ether oxygens (including phenoxy) is 1. The standard InChI is InChI=1S/C17H20N2O4S/c1-12(2)11-23-16-6-4-3-5-15(16)17(20)19-13-7-9-14(10-8-13)24(18,21)22/h3-10,12H,11H2,1-2H3,(H,19,20)(H2,18,21,22). The Kier molecular flexibility index (Phi) is 5.58. The highest BCUT2D eigenvalue weighted by Crippen LogP contribution is 2.21. The van der Waals surface area contributed by atoms with Crippen LogP contribution in [0.25, 0.3) is 0 Å². The van der Waals surface area contributed by atoms with E-state index in [0.717, 1.165) is 0 Å². The summed E-state index contributed by atoms with van der Waals surface area (Å²) in [6, 6.07) is 12.6. The number of nitrogens with two attached hydrogens (primary N) is 1. The molecule has 7 heteroatoms. The number of amides is 1. The van der Waals surface area contributed by atoms with Gasteiger partial charge in [-0.2, -0.15) is 0 Å². The van der Waals surface area contributed by atoms with E-state index >= 15 is 0 Å². The highest BCUT2D eigenvalue weighted by atomic mass is 32.2. The van der Waals surface area contributed by atoms with E-state index in [2.05, 4.69) is 5.32 Å². The molecule has 2 rings (SSSR count). The van der Waals surface area contributed by atoms with Crippen LogP contribution in [0.5, 0.6) is 5.75 Å². The van der Waals surface area contributed by atoms with E-state index in [9.17, 15) is 13.2 Å². The molecule has 0 aliphatic rings. The van der Waals surface area contributed by atoms with E-state index < -0.39 is 10.0 Å². The summed E-state index contributed by atoms with van der Waals surface area (Å²) in [7, 11) is -3.76. The highest BCUT2D eigenvalue weighted by molar-refractivity contribution is 7.89. The summed E-state index contributed by atoms with van der Waals surface area (Å²) in [5.74, 6) is 0.509. The maximum absolute atomic E-state index is 12.4. The molecule has 3 N–H and O–H groups in total. The van der Waals surface area contributed by atoms with Gasteiger partial charge in [0.1, 0.15) is 5.75 Å². The topological polar surface area (TPSA) is 98.5 Å². The molecule has 128 valence electrons. The van der Waals surface area contributed by atoms with Gasteiger partial charge in [-0.25, -0.2) is 13.6 Å². The molecule has 24 heavy (non-hydrogen) atoms. The molecule has 0 atom stereocenters. The summed E-state index contributed by atoms with van der Waals surface area (Å²) in [6.07, 6.45) is 0. The van der Waals surface area contributed by atoms with Gasteiger partial charge in [-0.3, -0.25) is 4.79 Å². The first-order chi connectivity index (χ1) is 11.3. The molecule has 0 aliphatic carbocycles. The molecule has 0 aromatic heterocycles. The van der Waals surface area contributed by atoms with Gasteiger partial charge in [0.05, 0.1) is 17.1 Å². The second-order valence-electron chi connectivity index (χ2n) is 5.72. The number of benzene rings is 2. The fourth-order valence-electron chi connectivity index (χ4n) is 1.96. The third-order valence-corrected chi connectivity index (χ3v) is 4.07. The maximum Gasteiger partial charge on any atom is 0.259 e. The molecule has 6 nitrogen and oxygen atoms in total. The maximum atomic E-state index is 12.4. The Morgan fingerprint density at radius 1 is 1.12 bits per heavy atom. The Morgan fingerprint density at radius 3 is 2.33 bits per heavy atom. The Hall–Kier alpha value is -2.38. The zero-order valence-corrected chi connectivity index (χ0v) is 14.3. The minimum Gasteiger partial charge on any atom is -0.492 e. The molecule has 0 saturated heterocycles. The predicted molar refractivity (Wildman–Crippen MR) is 92.5 cm³/mol. The van der Waals surface area contributed by atoms with E-state index in [1.807, 2.05) is 13.8 Å². The second kappa shape index (κ2) is 7.46. The predicted octanol–water partition coefficient (Wildman–Crippen LogP) is 2.62. The third-order valence-electron chi connectivity index (χ3n) is 3.14. The fourth-order valence-corrected chi connectivity index (χ4v) is 2.48. The van der Waals surface area contributed by atoms with E-state index in [0.29, 0.717) is 29.5 Å². The van der Waals surface area contributed by atoms with Crippen molar-refractivity contribution in [3.05, 3.63) is 54.1 Å². The van der Waals surface area contributed by atoms with E-state index in [-0.39, 0.29) is 10.8 Å². The number of carbonyl (C=O) groups excluding carboxylic acids is 1. The molecule has 0 bridgehead atoms. The number of primary sulfonamides is 1. The van der Waals surface area contributed by atoms with Crippen LogP contribution < -0.4 is 15.2 Å². The van der Waals surface area contributed by atoms with Crippen molar-refractivity contribution < 1.29 is 17.9 Å². The number of carbonyl (C=O) groups is 1. The number of para-hydroxylation sites is 1. The quantitative estimate of drug-likeness (QED) is 0.838. The van der Waals surface area contributed by atoms with Crippen LogP contribution in [-0.4, -0.2) is 20.9 Å². The van der Waals surface area contributed by atoms with Gasteiger partial charge < -0.3 is 10.1 Å². The van der Waals surface area contributed by atoms with Gasteiger partial charge in [-0.05, 0) is 42.3 Å². The Bertz CT molecular complexity index is 815. The summed E-state index contributed by atoms with van der Waals surface area (Å²) in [5, 5.41) is 7.76.